The quantitative estimate of drug-likeness (QED) is 0.0713. The van der Waals surface area contributed by atoms with Gasteiger partial charge in [0.2, 0.25) is 29.5 Å². The molecule has 0 aliphatic carbocycles. The van der Waals surface area contributed by atoms with E-state index in [4.69, 9.17) is 23.8 Å². The number of unbranched alkanes of at least 4 members (excludes halogenated alkanes) is 1. The molecule has 3 amide bonds. The molecule has 10 N–H and O–H groups in total. The van der Waals surface area contributed by atoms with Crippen LogP contribution in [0.2, 0.25) is 0 Å². The van der Waals surface area contributed by atoms with E-state index in [1.807, 2.05) is 0 Å². The second kappa shape index (κ2) is 19.1. The molecule has 3 aliphatic rings. The number of carbonyl (C=O) groups excluding carboxylic acids is 4. The number of hydrogen-bond donors (Lipinski definition) is 10. The molecule has 0 radical (unpaired) electrons. The van der Waals surface area contributed by atoms with E-state index in [1.165, 1.54) is 18.7 Å². The molecule has 300 valence electrons. The molecule has 0 spiro atoms. The Kier molecular flexibility index (Phi) is 15.2. The number of aliphatic hydroxyl groups excluding tert-OH is 6. The number of hydrogen-bond acceptors (Lipinski definition) is 17. The van der Waals surface area contributed by atoms with Gasteiger partial charge >= 0.3 is 5.97 Å². The summed E-state index contributed by atoms with van der Waals surface area (Å²) >= 11 is 0. The predicted molar refractivity (Wildman–Crippen MR) is 174 cm³/mol. The molecular weight excluding hydrogens is 712 g/mol. The van der Waals surface area contributed by atoms with Crippen molar-refractivity contribution in [2.24, 2.45) is 0 Å². The van der Waals surface area contributed by atoms with Crippen molar-refractivity contribution in [3.8, 4) is 11.8 Å². The summed E-state index contributed by atoms with van der Waals surface area (Å²) in [6.45, 7) is 2.44. The monoisotopic (exact) mass is 762 g/mol. The Morgan fingerprint density at radius 3 is 1.58 bits per heavy atom. The van der Waals surface area contributed by atoms with Crippen LogP contribution in [0, 0.1) is 0 Å². The summed E-state index contributed by atoms with van der Waals surface area (Å²) in [7, 11) is 0. The maximum absolute atomic E-state index is 13.5. The van der Waals surface area contributed by atoms with Crippen LogP contribution in [0.3, 0.4) is 0 Å². The zero-order valence-corrected chi connectivity index (χ0v) is 29.3. The van der Waals surface area contributed by atoms with E-state index in [0.717, 1.165) is 12.1 Å². The minimum atomic E-state index is -1.54. The highest BCUT2D eigenvalue weighted by Crippen LogP contribution is 2.27. The Bertz CT molecular complexity index is 1320. The van der Waals surface area contributed by atoms with Crippen LogP contribution >= 0.6 is 0 Å². The van der Waals surface area contributed by atoms with E-state index in [9.17, 15) is 60.0 Å². The summed E-state index contributed by atoms with van der Waals surface area (Å²) in [6.07, 6.45) is -12.7. The highest BCUT2D eigenvalue weighted by atomic mass is 16.7. The Hall–Kier alpha value is -3.64. The SMILES string of the molecule is CC1OC(OCCNC(=O)C2CCC(C(=O)NCCOC3OC(C)C(O)C(O)C3O)N2C(=O)CCCCC(=O)On2c(O)ccc2O)C(O)C(O)C1O. The lowest BCUT2D eigenvalue weighted by molar-refractivity contribution is -0.292. The lowest BCUT2D eigenvalue weighted by Gasteiger charge is -2.39. The summed E-state index contributed by atoms with van der Waals surface area (Å²) in [6, 6.07) is 0.120. The van der Waals surface area contributed by atoms with E-state index in [2.05, 4.69) is 10.6 Å². The van der Waals surface area contributed by atoms with Crippen molar-refractivity contribution in [2.75, 3.05) is 26.3 Å². The molecule has 1 aromatic rings. The third-order valence-corrected chi connectivity index (χ3v) is 9.27. The van der Waals surface area contributed by atoms with E-state index in [-0.39, 0.29) is 64.8 Å². The van der Waals surface area contributed by atoms with Gasteiger partial charge in [0.15, 0.2) is 12.6 Å². The Balaban J connectivity index is 1.30. The van der Waals surface area contributed by atoms with Gasteiger partial charge in [-0.15, -0.1) is 4.73 Å². The van der Waals surface area contributed by atoms with Gasteiger partial charge in [0, 0.05) is 38.1 Å². The van der Waals surface area contributed by atoms with E-state index >= 15 is 0 Å². The summed E-state index contributed by atoms with van der Waals surface area (Å²) in [5, 5.41) is 84.5. The number of nitrogens with zero attached hydrogens (tertiary/aromatic N) is 2. The number of likely N-dealkylation sites (tertiary alicyclic amines) is 1. The van der Waals surface area contributed by atoms with Gasteiger partial charge < -0.3 is 80.2 Å². The van der Waals surface area contributed by atoms with Gasteiger partial charge in [0.05, 0.1) is 25.4 Å². The number of aromatic nitrogens is 1. The first-order valence-electron chi connectivity index (χ1n) is 17.4. The van der Waals surface area contributed by atoms with Crippen LogP contribution in [0.4, 0.5) is 0 Å². The summed E-state index contributed by atoms with van der Waals surface area (Å²) in [5.74, 6) is -3.52. The van der Waals surface area contributed by atoms with Crippen molar-refractivity contribution in [1.82, 2.24) is 20.3 Å². The minimum absolute atomic E-state index is 0.0980. The summed E-state index contributed by atoms with van der Waals surface area (Å²) < 4.78 is 22.2. The molecule has 0 bridgehead atoms. The average Bonchev–Trinajstić information content (AvgIpc) is 3.72. The second-order valence-electron chi connectivity index (χ2n) is 13.1. The molecule has 1 aromatic heterocycles. The van der Waals surface area contributed by atoms with Gasteiger partial charge in [-0.1, -0.05) is 0 Å². The van der Waals surface area contributed by atoms with Gasteiger partial charge in [-0.25, -0.2) is 4.79 Å². The van der Waals surface area contributed by atoms with E-state index in [1.54, 1.807) is 0 Å². The van der Waals surface area contributed by atoms with Crippen LogP contribution < -0.4 is 15.5 Å². The zero-order chi connectivity index (χ0) is 39.0. The van der Waals surface area contributed by atoms with E-state index in [0.29, 0.717) is 4.73 Å². The molecule has 4 rings (SSSR count). The van der Waals surface area contributed by atoms with Crippen molar-refractivity contribution in [3.05, 3.63) is 12.1 Å². The van der Waals surface area contributed by atoms with Gasteiger partial charge in [-0.05, 0) is 39.5 Å². The number of aliphatic hydroxyl groups is 6. The standard InChI is InChI=1S/C32H50N4O17/c1-15-23(41)25(43)27(45)31(51-15)49-13-11-33-29(47)17-7-8-18(30(48)34-12-14-50-32-28(46)26(44)24(42)16(2)52-32)35(17)19(37)5-3-4-6-22(40)53-36-20(38)9-10-21(36)39/h9-10,15-18,23-28,31-32,38-39,41-46H,3-8,11-14H2,1-2H3,(H,33,47)(H,34,48). The van der Waals surface area contributed by atoms with Crippen molar-refractivity contribution >= 4 is 23.7 Å². The van der Waals surface area contributed by atoms with Crippen LogP contribution in [0.5, 0.6) is 11.8 Å². The molecular formula is C32H50N4O17. The average molecular weight is 763 g/mol. The normalized spacial score (nSPS) is 33.0. The predicted octanol–water partition coefficient (Wildman–Crippen LogP) is -4.30. The van der Waals surface area contributed by atoms with Crippen molar-refractivity contribution in [2.45, 2.75) is 126 Å². The lowest BCUT2D eigenvalue weighted by atomic mass is 10.0. The van der Waals surface area contributed by atoms with Gasteiger partial charge in [0.25, 0.3) is 0 Å². The van der Waals surface area contributed by atoms with Crippen LogP contribution in [0.15, 0.2) is 12.1 Å². The number of aromatic hydroxyl groups is 2. The fourth-order valence-corrected chi connectivity index (χ4v) is 6.23. The topological polar surface area (TPSA) is 308 Å². The second-order valence-corrected chi connectivity index (χ2v) is 13.1. The van der Waals surface area contributed by atoms with Crippen molar-refractivity contribution < 1.29 is 83.8 Å². The maximum atomic E-state index is 13.5. The fraction of sp³-hybridized carbons (Fsp3) is 0.750. The molecule has 0 aromatic carbocycles. The molecule has 3 aliphatic heterocycles. The minimum Gasteiger partial charge on any atom is -0.492 e. The first-order chi connectivity index (χ1) is 25.1. The first-order valence-corrected chi connectivity index (χ1v) is 17.4. The Morgan fingerprint density at radius 1 is 0.698 bits per heavy atom. The molecule has 21 nitrogen and oxygen atoms in total. The van der Waals surface area contributed by atoms with Gasteiger partial charge in [0.1, 0.15) is 48.7 Å². The van der Waals surface area contributed by atoms with E-state index < -0.39 is 109 Å². The summed E-state index contributed by atoms with van der Waals surface area (Å²) in [5.41, 5.74) is 0. The highest BCUT2D eigenvalue weighted by Gasteiger charge is 2.45. The van der Waals surface area contributed by atoms with Gasteiger partial charge in [-0.2, -0.15) is 0 Å². The number of amides is 3. The molecule has 0 saturated carbocycles. The zero-order valence-electron chi connectivity index (χ0n) is 29.3. The lowest BCUT2D eigenvalue weighted by Crippen LogP contribution is -2.57. The Morgan fingerprint density at radius 2 is 1.13 bits per heavy atom. The fourth-order valence-electron chi connectivity index (χ4n) is 6.23. The highest BCUT2D eigenvalue weighted by molar-refractivity contribution is 5.94. The Labute approximate surface area is 303 Å². The number of carbonyl (C=O) groups is 4. The molecule has 4 heterocycles. The third-order valence-electron chi connectivity index (χ3n) is 9.27. The van der Waals surface area contributed by atoms with Crippen LogP contribution in [0.25, 0.3) is 0 Å². The molecule has 3 saturated heterocycles. The third kappa shape index (κ3) is 10.5. The first kappa shape index (κ1) is 42.1. The van der Waals surface area contributed by atoms with Crippen molar-refractivity contribution in [1.29, 1.82) is 0 Å². The number of ether oxygens (including phenoxy) is 4. The maximum Gasteiger partial charge on any atom is 0.333 e. The largest absolute Gasteiger partial charge is 0.492 e. The molecule has 53 heavy (non-hydrogen) atoms. The van der Waals surface area contributed by atoms with Gasteiger partial charge in [-0.3, -0.25) is 14.4 Å². The molecule has 3 fully saturated rings. The van der Waals surface area contributed by atoms with Crippen LogP contribution in [-0.2, 0) is 38.1 Å². The smallest absolute Gasteiger partial charge is 0.333 e. The molecule has 21 heteroatoms. The van der Waals surface area contributed by atoms with Crippen molar-refractivity contribution in [3.63, 3.8) is 0 Å². The number of rotatable bonds is 16. The summed E-state index contributed by atoms with van der Waals surface area (Å²) in [4.78, 5) is 58.4. The molecule has 12 atom stereocenters. The molecule has 12 unspecified atom stereocenters. The van der Waals surface area contributed by atoms with Crippen LogP contribution in [0.1, 0.15) is 52.4 Å². The van der Waals surface area contributed by atoms with Crippen LogP contribution in [-0.4, -0.2) is 174 Å². The number of nitrogens with one attached hydrogen (secondary N) is 2.